The molecule has 1 fully saturated rings. The Labute approximate surface area is 133 Å². The van der Waals surface area contributed by atoms with Crippen LogP contribution in [-0.2, 0) is 12.7 Å². The smallest absolute Gasteiger partial charge is 0.352 e. The van der Waals surface area contributed by atoms with Gasteiger partial charge in [0.1, 0.15) is 11.3 Å². The van der Waals surface area contributed by atoms with E-state index in [-0.39, 0.29) is 5.82 Å². The van der Waals surface area contributed by atoms with Gasteiger partial charge in [0.25, 0.3) is 0 Å². The molecule has 3 rings (SSSR count). The average molecular weight is 347 g/mol. The highest BCUT2D eigenvalue weighted by Crippen LogP contribution is 2.30. The van der Waals surface area contributed by atoms with Gasteiger partial charge in [0, 0.05) is 31.6 Å². The van der Waals surface area contributed by atoms with E-state index in [4.69, 9.17) is 0 Å². The summed E-state index contributed by atoms with van der Waals surface area (Å²) in [7, 11) is 0. The first-order valence-electron chi connectivity index (χ1n) is 6.88. The number of rotatable bonds is 3. The maximum absolute atomic E-state index is 13.6. The SMILES string of the molecule is Fc1cncnc1N1CCN(Cc2nc(C(F)(F)F)cs2)CC1. The van der Waals surface area contributed by atoms with Crippen LogP contribution in [0.15, 0.2) is 17.9 Å². The summed E-state index contributed by atoms with van der Waals surface area (Å²) in [6, 6.07) is 0. The van der Waals surface area contributed by atoms with Gasteiger partial charge >= 0.3 is 6.18 Å². The third kappa shape index (κ3) is 3.75. The minimum atomic E-state index is -4.40. The van der Waals surface area contributed by atoms with E-state index >= 15 is 0 Å². The number of hydrogen-bond acceptors (Lipinski definition) is 6. The lowest BCUT2D eigenvalue weighted by Gasteiger charge is -2.34. The fourth-order valence-corrected chi connectivity index (χ4v) is 3.20. The van der Waals surface area contributed by atoms with E-state index in [2.05, 4.69) is 15.0 Å². The first-order chi connectivity index (χ1) is 10.9. The van der Waals surface area contributed by atoms with E-state index in [1.807, 2.05) is 4.90 Å². The van der Waals surface area contributed by atoms with E-state index in [9.17, 15) is 17.6 Å². The molecule has 0 aromatic carbocycles. The van der Waals surface area contributed by atoms with Crippen LogP contribution in [0.2, 0.25) is 0 Å². The molecule has 0 N–H and O–H groups in total. The van der Waals surface area contributed by atoms with E-state index < -0.39 is 17.7 Å². The third-order valence-electron chi connectivity index (χ3n) is 3.52. The van der Waals surface area contributed by atoms with E-state index in [1.165, 1.54) is 6.33 Å². The summed E-state index contributed by atoms with van der Waals surface area (Å²) < 4.78 is 51.2. The van der Waals surface area contributed by atoms with Gasteiger partial charge in [0.15, 0.2) is 17.3 Å². The molecule has 5 nitrogen and oxygen atoms in total. The molecule has 0 bridgehead atoms. The lowest BCUT2D eigenvalue weighted by Crippen LogP contribution is -2.46. The molecule has 10 heteroatoms. The van der Waals surface area contributed by atoms with Crippen LogP contribution < -0.4 is 4.90 Å². The second kappa shape index (κ2) is 6.36. The Balaban J connectivity index is 1.57. The van der Waals surface area contributed by atoms with Crippen molar-refractivity contribution in [1.29, 1.82) is 0 Å². The topological polar surface area (TPSA) is 45.2 Å². The molecule has 23 heavy (non-hydrogen) atoms. The summed E-state index contributed by atoms with van der Waals surface area (Å²) in [6.45, 7) is 2.66. The number of nitrogens with zero attached hydrogens (tertiary/aromatic N) is 5. The first kappa shape index (κ1) is 16.1. The van der Waals surface area contributed by atoms with Gasteiger partial charge in [-0.15, -0.1) is 11.3 Å². The molecule has 1 saturated heterocycles. The molecule has 124 valence electrons. The highest BCUT2D eigenvalue weighted by Gasteiger charge is 2.34. The molecular weight excluding hydrogens is 334 g/mol. The molecular formula is C13H13F4N5S. The van der Waals surface area contributed by atoms with Crippen molar-refractivity contribution >= 4 is 17.2 Å². The number of piperazine rings is 1. The average Bonchev–Trinajstić information content (AvgIpc) is 2.97. The van der Waals surface area contributed by atoms with E-state index in [0.29, 0.717) is 37.7 Å². The van der Waals surface area contributed by atoms with Crippen molar-refractivity contribution < 1.29 is 17.6 Å². The van der Waals surface area contributed by atoms with Gasteiger partial charge in [-0.3, -0.25) is 4.90 Å². The van der Waals surface area contributed by atoms with Crippen molar-refractivity contribution in [2.75, 3.05) is 31.1 Å². The summed E-state index contributed by atoms with van der Waals surface area (Å²) in [6.07, 6.45) is -2.00. The highest BCUT2D eigenvalue weighted by molar-refractivity contribution is 7.09. The van der Waals surface area contributed by atoms with Gasteiger partial charge < -0.3 is 4.90 Å². The van der Waals surface area contributed by atoms with Crippen molar-refractivity contribution in [1.82, 2.24) is 19.9 Å². The third-order valence-corrected chi connectivity index (χ3v) is 4.35. The lowest BCUT2D eigenvalue weighted by atomic mass is 10.3. The molecule has 3 heterocycles. The van der Waals surface area contributed by atoms with Crippen LogP contribution >= 0.6 is 11.3 Å². The van der Waals surface area contributed by atoms with Crippen LogP contribution in [0, 0.1) is 5.82 Å². The molecule has 1 aliphatic heterocycles. The van der Waals surface area contributed by atoms with Crippen LogP contribution in [0.5, 0.6) is 0 Å². The Morgan fingerprint density at radius 1 is 1.17 bits per heavy atom. The van der Waals surface area contributed by atoms with Crippen LogP contribution in [0.3, 0.4) is 0 Å². The molecule has 0 saturated carbocycles. The van der Waals surface area contributed by atoms with E-state index in [0.717, 1.165) is 22.9 Å². The fraction of sp³-hybridized carbons (Fsp3) is 0.462. The largest absolute Gasteiger partial charge is 0.434 e. The van der Waals surface area contributed by atoms with Gasteiger partial charge in [-0.05, 0) is 0 Å². The molecule has 2 aromatic heterocycles. The zero-order chi connectivity index (χ0) is 16.4. The maximum atomic E-state index is 13.6. The summed E-state index contributed by atoms with van der Waals surface area (Å²) in [5.41, 5.74) is -0.848. The van der Waals surface area contributed by atoms with Crippen LogP contribution in [-0.4, -0.2) is 46.0 Å². The second-order valence-electron chi connectivity index (χ2n) is 5.08. The number of halogens is 4. The lowest BCUT2D eigenvalue weighted by molar-refractivity contribution is -0.140. The number of thiazole rings is 1. The predicted molar refractivity (Wildman–Crippen MR) is 76.6 cm³/mol. The monoisotopic (exact) mass is 347 g/mol. The van der Waals surface area contributed by atoms with E-state index in [1.54, 1.807) is 4.90 Å². The first-order valence-corrected chi connectivity index (χ1v) is 7.76. The number of anilines is 1. The van der Waals surface area contributed by atoms with Crippen molar-refractivity contribution in [2.45, 2.75) is 12.7 Å². The summed E-state index contributed by atoms with van der Waals surface area (Å²) in [4.78, 5) is 15.0. The summed E-state index contributed by atoms with van der Waals surface area (Å²) in [5.74, 6) is -0.219. The Kier molecular flexibility index (Phi) is 4.44. The molecule has 0 unspecified atom stereocenters. The molecule has 0 aliphatic carbocycles. The highest BCUT2D eigenvalue weighted by atomic mass is 32.1. The minimum Gasteiger partial charge on any atom is -0.352 e. The Morgan fingerprint density at radius 3 is 2.52 bits per heavy atom. The Morgan fingerprint density at radius 2 is 1.91 bits per heavy atom. The van der Waals surface area contributed by atoms with Crippen LogP contribution in [0.4, 0.5) is 23.4 Å². The van der Waals surface area contributed by atoms with Gasteiger partial charge in [-0.1, -0.05) is 0 Å². The normalized spacial score (nSPS) is 16.8. The summed E-state index contributed by atoms with van der Waals surface area (Å²) in [5, 5.41) is 1.46. The van der Waals surface area contributed by atoms with Gasteiger partial charge in [0.2, 0.25) is 0 Å². The van der Waals surface area contributed by atoms with Crippen molar-refractivity contribution in [3.05, 3.63) is 34.4 Å². The van der Waals surface area contributed by atoms with Gasteiger partial charge in [0.05, 0.1) is 12.7 Å². The molecule has 0 radical (unpaired) electrons. The summed E-state index contributed by atoms with van der Waals surface area (Å²) >= 11 is 1.00. The Hall–Kier alpha value is -1.81. The zero-order valence-corrected chi connectivity index (χ0v) is 12.7. The van der Waals surface area contributed by atoms with Crippen molar-refractivity contribution in [2.24, 2.45) is 0 Å². The molecule has 0 amide bonds. The molecule has 0 atom stereocenters. The minimum absolute atomic E-state index is 0.258. The van der Waals surface area contributed by atoms with Crippen molar-refractivity contribution in [3.63, 3.8) is 0 Å². The Bertz CT molecular complexity index is 666. The molecule has 1 aliphatic rings. The van der Waals surface area contributed by atoms with Gasteiger partial charge in [-0.2, -0.15) is 13.2 Å². The fourth-order valence-electron chi connectivity index (χ4n) is 2.36. The second-order valence-corrected chi connectivity index (χ2v) is 6.02. The van der Waals surface area contributed by atoms with Crippen LogP contribution in [0.1, 0.15) is 10.7 Å². The van der Waals surface area contributed by atoms with Crippen LogP contribution in [0.25, 0.3) is 0 Å². The van der Waals surface area contributed by atoms with Crippen molar-refractivity contribution in [3.8, 4) is 0 Å². The molecule has 2 aromatic rings. The predicted octanol–water partition coefficient (Wildman–Crippen LogP) is 2.41. The number of aromatic nitrogens is 3. The maximum Gasteiger partial charge on any atom is 0.434 e. The molecule has 0 spiro atoms. The quantitative estimate of drug-likeness (QED) is 0.798. The number of hydrogen-bond donors (Lipinski definition) is 0. The van der Waals surface area contributed by atoms with Gasteiger partial charge in [-0.25, -0.2) is 19.3 Å². The standard InChI is InChI=1S/C13H13F4N5S/c14-9-5-18-8-19-12(9)22-3-1-21(2-4-22)6-11-20-10(7-23-11)13(15,16)17/h5,7-8H,1-4,6H2. The number of alkyl halides is 3. The zero-order valence-electron chi connectivity index (χ0n) is 11.9.